The number of hydrogen-bond donors (Lipinski definition) is 1. The molecular formula is C18H16Cl2FN3OS. The molecule has 1 amide bonds. The van der Waals surface area contributed by atoms with Crippen LogP contribution in [0.5, 0.6) is 0 Å². The molecule has 2 aromatic heterocycles. The number of carbonyl (C=O) groups excluding carboxylic acids is 1. The number of nitrogens with zero attached hydrogens (tertiary/aromatic N) is 2. The van der Waals surface area contributed by atoms with E-state index in [0.29, 0.717) is 25.7 Å². The van der Waals surface area contributed by atoms with Crippen LogP contribution in [0.25, 0.3) is 0 Å². The topological polar surface area (TPSA) is 46.9 Å². The molecule has 0 aliphatic rings. The SMILES string of the molecule is CC(C)c1cc(C(=O)Nc2ncc(Cl)s2)n(Cc2c(F)cccc2Cl)c1. The molecule has 136 valence electrons. The summed E-state index contributed by atoms with van der Waals surface area (Å²) in [5, 5.41) is 3.45. The molecule has 0 saturated carbocycles. The quantitative estimate of drug-likeness (QED) is 0.575. The number of aromatic nitrogens is 2. The van der Waals surface area contributed by atoms with E-state index >= 15 is 0 Å². The van der Waals surface area contributed by atoms with Crippen LogP contribution in [0.15, 0.2) is 36.7 Å². The van der Waals surface area contributed by atoms with Gasteiger partial charge in [0.15, 0.2) is 5.13 Å². The van der Waals surface area contributed by atoms with E-state index in [2.05, 4.69) is 10.3 Å². The van der Waals surface area contributed by atoms with Crippen molar-refractivity contribution in [3.8, 4) is 0 Å². The molecule has 0 saturated heterocycles. The highest BCUT2D eigenvalue weighted by molar-refractivity contribution is 7.19. The highest BCUT2D eigenvalue weighted by Crippen LogP contribution is 2.26. The molecule has 0 spiro atoms. The number of rotatable bonds is 5. The van der Waals surface area contributed by atoms with Gasteiger partial charge in [-0.15, -0.1) is 0 Å². The zero-order chi connectivity index (χ0) is 18.8. The van der Waals surface area contributed by atoms with Gasteiger partial charge in [-0.05, 0) is 29.7 Å². The number of thiazole rings is 1. The maximum absolute atomic E-state index is 14.2. The molecule has 3 rings (SSSR count). The summed E-state index contributed by atoms with van der Waals surface area (Å²) in [4.78, 5) is 16.7. The van der Waals surface area contributed by atoms with Crippen LogP contribution in [0, 0.1) is 5.82 Å². The van der Waals surface area contributed by atoms with E-state index in [4.69, 9.17) is 23.2 Å². The molecule has 26 heavy (non-hydrogen) atoms. The number of benzene rings is 1. The molecule has 3 aromatic rings. The first-order valence-corrected chi connectivity index (χ1v) is 9.48. The maximum atomic E-state index is 14.2. The van der Waals surface area contributed by atoms with E-state index in [0.717, 1.165) is 5.56 Å². The third kappa shape index (κ3) is 4.09. The average molecular weight is 412 g/mol. The lowest BCUT2D eigenvalue weighted by Crippen LogP contribution is -2.17. The molecule has 0 bridgehead atoms. The number of hydrogen-bond acceptors (Lipinski definition) is 3. The van der Waals surface area contributed by atoms with Gasteiger partial charge >= 0.3 is 0 Å². The minimum absolute atomic E-state index is 0.152. The van der Waals surface area contributed by atoms with E-state index < -0.39 is 5.82 Å². The molecule has 0 aliphatic carbocycles. The first kappa shape index (κ1) is 18.9. The summed E-state index contributed by atoms with van der Waals surface area (Å²) in [5.74, 6) is -0.529. The van der Waals surface area contributed by atoms with Crippen molar-refractivity contribution >= 4 is 45.6 Å². The van der Waals surface area contributed by atoms with Crippen LogP contribution < -0.4 is 5.32 Å². The molecular weight excluding hydrogens is 396 g/mol. The Morgan fingerprint density at radius 1 is 1.38 bits per heavy atom. The van der Waals surface area contributed by atoms with Crippen LogP contribution in [0.2, 0.25) is 9.36 Å². The second-order valence-corrected chi connectivity index (χ2v) is 8.13. The zero-order valence-corrected chi connectivity index (χ0v) is 16.4. The Kier molecular flexibility index (Phi) is 5.65. The maximum Gasteiger partial charge on any atom is 0.274 e. The number of halogens is 3. The summed E-state index contributed by atoms with van der Waals surface area (Å²) in [6, 6.07) is 6.33. The Labute approximate surface area is 164 Å². The van der Waals surface area contributed by atoms with Crippen LogP contribution in [-0.4, -0.2) is 15.5 Å². The molecule has 0 radical (unpaired) electrons. The lowest BCUT2D eigenvalue weighted by molar-refractivity contribution is 0.101. The minimum Gasteiger partial charge on any atom is -0.339 e. The Morgan fingerprint density at radius 3 is 2.77 bits per heavy atom. The normalized spacial score (nSPS) is 11.2. The van der Waals surface area contributed by atoms with Gasteiger partial charge in [-0.1, -0.05) is 54.5 Å². The molecule has 0 atom stereocenters. The molecule has 2 heterocycles. The smallest absolute Gasteiger partial charge is 0.274 e. The average Bonchev–Trinajstić information content (AvgIpc) is 3.17. The van der Waals surface area contributed by atoms with Crippen molar-refractivity contribution in [2.45, 2.75) is 26.3 Å². The highest BCUT2D eigenvalue weighted by atomic mass is 35.5. The van der Waals surface area contributed by atoms with Crippen LogP contribution in [0.1, 0.15) is 41.4 Å². The van der Waals surface area contributed by atoms with Gasteiger partial charge in [0.2, 0.25) is 0 Å². The lowest BCUT2D eigenvalue weighted by atomic mass is 10.1. The van der Waals surface area contributed by atoms with Crippen molar-refractivity contribution in [1.82, 2.24) is 9.55 Å². The standard InChI is InChI=1S/C18H16Cl2FN3OS/c1-10(2)11-6-15(17(25)23-18-22-7-16(20)26-18)24(8-11)9-12-13(19)4-3-5-14(12)21/h3-8,10H,9H2,1-2H3,(H,22,23,25). The van der Waals surface area contributed by atoms with Gasteiger partial charge < -0.3 is 4.57 Å². The number of carbonyl (C=O) groups is 1. The first-order valence-electron chi connectivity index (χ1n) is 7.90. The predicted octanol–water partition coefficient (Wildman–Crippen LogP) is 5.81. The number of anilines is 1. The summed E-state index contributed by atoms with van der Waals surface area (Å²) < 4.78 is 16.3. The monoisotopic (exact) mass is 411 g/mol. The zero-order valence-electron chi connectivity index (χ0n) is 14.1. The van der Waals surface area contributed by atoms with Gasteiger partial charge in [0.1, 0.15) is 15.8 Å². The van der Waals surface area contributed by atoms with Crippen LogP contribution in [-0.2, 0) is 6.54 Å². The fourth-order valence-electron chi connectivity index (χ4n) is 2.50. The summed E-state index contributed by atoms with van der Waals surface area (Å²) >= 11 is 13.2. The van der Waals surface area contributed by atoms with Crippen molar-refractivity contribution < 1.29 is 9.18 Å². The molecule has 0 unspecified atom stereocenters. The van der Waals surface area contributed by atoms with Gasteiger partial charge in [0.25, 0.3) is 5.91 Å². The Hall–Kier alpha value is -1.89. The van der Waals surface area contributed by atoms with E-state index in [1.807, 2.05) is 20.0 Å². The minimum atomic E-state index is -0.407. The third-order valence-electron chi connectivity index (χ3n) is 3.91. The predicted molar refractivity (Wildman–Crippen MR) is 104 cm³/mol. The van der Waals surface area contributed by atoms with Crippen LogP contribution >= 0.6 is 34.5 Å². The fraction of sp³-hybridized carbons (Fsp3) is 0.222. The Balaban J connectivity index is 1.95. The molecule has 4 nitrogen and oxygen atoms in total. The summed E-state index contributed by atoms with van der Waals surface area (Å²) in [6.45, 7) is 4.20. The van der Waals surface area contributed by atoms with Gasteiger partial charge in [-0.3, -0.25) is 10.1 Å². The lowest BCUT2D eigenvalue weighted by Gasteiger charge is -2.11. The highest BCUT2D eigenvalue weighted by Gasteiger charge is 2.18. The molecule has 1 aromatic carbocycles. The van der Waals surface area contributed by atoms with Crippen molar-refractivity contribution in [2.75, 3.05) is 5.32 Å². The van der Waals surface area contributed by atoms with E-state index in [9.17, 15) is 9.18 Å². The van der Waals surface area contributed by atoms with Gasteiger partial charge in [0.05, 0.1) is 12.7 Å². The van der Waals surface area contributed by atoms with Crippen molar-refractivity contribution in [1.29, 1.82) is 0 Å². The van der Waals surface area contributed by atoms with Crippen LogP contribution in [0.4, 0.5) is 9.52 Å². The van der Waals surface area contributed by atoms with Gasteiger partial charge in [0, 0.05) is 16.8 Å². The Morgan fingerprint density at radius 2 is 2.15 bits per heavy atom. The van der Waals surface area contributed by atoms with Gasteiger partial charge in [-0.2, -0.15) is 0 Å². The van der Waals surface area contributed by atoms with Crippen molar-refractivity contribution in [3.05, 3.63) is 68.7 Å². The third-order valence-corrected chi connectivity index (χ3v) is 5.29. The summed E-state index contributed by atoms with van der Waals surface area (Å²) in [5.41, 5.74) is 1.71. The summed E-state index contributed by atoms with van der Waals surface area (Å²) in [7, 11) is 0. The van der Waals surface area contributed by atoms with E-state index in [1.165, 1.54) is 23.6 Å². The molecule has 8 heteroatoms. The van der Waals surface area contributed by atoms with E-state index in [-0.39, 0.29) is 18.4 Å². The molecule has 0 fully saturated rings. The van der Waals surface area contributed by atoms with E-state index in [1.54, 1.807) is 22.8 Å². The van der Waals surface area contributed by atoms with Crippen molar-refractivity contribution in [2.24, 2.45) is 0 Å². The number of amides is 1. The van der Waals surface area contributed by atoms with Gasteiger partial charge in [-0.25, -0.2) is 9.37 Å². The molecule has 0 aliphatic heterocycles. The first-order chi connectivity index (χ1) is 12.3. The van der Waals surface area contributed by atoms with Crippen molar-refractivity contribution in [3.63, 3.8) is 0 Å². The largest absolute Gasteiger partial charge is 0.339 e. The second kappa shape index (κ2) is 7.78. The Bertz CT molecular complexity index is 932. The van der Waals surface area contributed by atoms with Crippen LogP contribution in [0.3, 0.4) is 0 Å². The number of nitrogens with one attached hydrogen (secondary N) is 1. The summed E-state index contributed by atoms with van der Waals surface area (Å²) in [6.07, 6.45) is 3.32. The second-order valence-electron chi connectivity index (χ2n) is 6.07. The molecule has 1 N–H and O–H groups in total. The fourth-order valence-corrected chi connectivity index (χ4v) is 3.53.